The van der Waals surface area contributed by atoms with Gasteiger partial charge in [-0.05, 0) is 31.2 Å². The molecule has 0 fully saturated rings. The summed E-state index contributed by atoms with van der Waals surface area (Å²) >= 11 is 5.74. The molecule has 20 heavy (non-hydrogen) atoms. The van der Waals surface area contributed by atoms with Crippen molar-refractivity contribution in [1.29, 1.82) is 0 Å². The molecule has 0 heterocycles. The van der Waals surface area contributed by atoms with Crippen LogP contribution in [0.3, 0.4) is 0 Å². The second-order valence-corrected chi connectivity index (χ2v) is 4.46. The van der Waals surface area contributed by atoms with Crippen LogP contribution in [0.25, 0.3) is 0 Å². The number of benzene rings is 1. The highest BCUT2D eigenvalue weighted by Crippen LogP contribution is 2.16. The zero-order chi connectivity index (χ0) is 15.1. The maximum Gasteiger partial charge on any atom is 0.334 e. The summed E-state index contributed by atoms with van der Waals surface area (Å²) in [6, 6.07) is 6.57. The van der Waals surface area contributed by atoms with Gasteiger partial charge in [-0.3, -0.25) is 4.79 Å². The number of carboxylic acid groups (broad SMARTS) is 1. The van der Waals surface area contributed by atoms with Gasteiger partial charge >= 0.3 is 5.97 Å². The van der Waals surface area contributed by atoms with Crippen molar-refractivity contribution < 1.29 is 24.2 Å². The number of carbonyl (C=O) groups is 2. The number of aliphatic carboxylic acids is 1. The van der Waals surface area contributed by atoms with Crippen LogP contribution >= 0.6 is 11.6 Å². The second kappa shape index (κ2) is 7.72. The normalized spacial score (nSPS) is 13.3. The number of halogens is 1. The van der Waals surface area contributed by atoms with Gasteiger partial charge in [-0.1, -0.05) is 11.6 Å². The van der Waals surface area contributed by atoms with Crippen molar-refractivity contribution in [1.82, 2.24) is 5.32 Å². The number of methoxy groups -OCH3 is 1. The van der Waals surface area contributed by atoms with E-state index in [1.165, 1.54) is 7.11 Å². The van der Waals surface area contributed by atoms with E-state index in [1.54, 1.807) is 31.2 Å². The van der Waals surface area contributed by atoms with Crippen LogP contribution < -0.4 is 10.1 Å². The molecule has 0 radical (unpaired) electrons. The van der Waals surface area contributed by atoms with Crippen LogP contribution in [0.4, 0.5) is 0 Å². The average Bonchev–Trinajstić information content (AvgIpc) is 2.41. The summed E-state index contributed by atoms with van der Waals surface area (Å²) in [5.74, 6) is -1.07. The first-order valence-corrected chi connectivity index (χ1v) is 6.27. The van der Waals surface area contributed by atoms with Gasteiger partial charge in [-0.25, -0.2) is 4.79 Å². The number of nitrogens with one attached hydrogen (secondary N) is 1. The predicted molar refractivity (Wildman–Crippen MR) is 73.0 cm³/mol. The lowest BCUT2D eigenvalue weighted by Gasteiger charge is -2.16. The first kappa shape index (κ1) is 16.3. The molecule has 0 aromatic heterocycles. The smallest absolute Gasteiger partial charge is 0.334 e. The molecule has 1 aromatic carbocycles. The van der Waals surface area contributed by atoms with Crippen molar-refractivity contribution in [2.75, 3.05) is 13.7 Å². The van der Waals surface area contributed by atoms with Crippen LogP contribution in [-0.2, 0) is 14.3 Å². The van der Waals surface area contributed by atoms with Gasteiger partial charge in [-0.15, -0.1) is 0 Å². The molecule has 1 aromatic rings. The Morgan fingerprint density at radius 2 is 1.95 bits per heavy atom. The minimum Gasteiger partial charge on any atom is -0.481 e. The summed E-state index contributed by atoms with van der Waals surface area (Å²) in [7, 11) is 1.26. The lowest BCUT2D eigenvalue weighted by atomic mass is 10.3. The van der Waals surface area contributed by atoms with E-state index in [1.807, 2.05) is 0 Å². The molecule has 110 valence electrons. The van der Waals surface area contributed by atoms with Crippen molar-refractivity contribution in [3.63, 3.8) is 0 Å². The molecular formula is C13H16ClNO5. The fourth-order valence-corrected chi connectivity index (χ4v) is 1.51. The van der Waals surface area contributed by atoms with E-state index in [-0.39, 0.29) is 6.54 Å². The molecule has 0 aliphatic heterocycles. The van der Waals surface area contributed by atoms with Crippen molar-refractivity contribution in [3.05, 3.63) is 29.3 Å². The van der Waals surface area contributed by atoms with E-state index in [2.05, 4.69) is 5.32 Å². The zero-order valence-corrected chi connectivity index (χ0v) is 11.9. The van der Waals surface area contributed by atoms with Gasteiger partial charge in [0, 0.05) is 12.1 Å². The molecule has 7 heteroatoms. The minimum absolute atomic E-state index is 0.126. The van der Waals surface area contributed by atoms with E-state index in [4.69, 9.17) is 26.2 Å². The molecular weight excluding hydrogens is 286 g/mol. The molecule has 0 spiro atoms. The monoisotopic (exact) mass is 301 g/mol. The number of ether oxygens (including phenoxy) is 2. The quantitative estimate of drug-likeness (QED) is 0.793. The number of carbonyl (C=O) groups excluding carboxylic acids is 1. The molecule has 6 nitrogen and oxygen atoms in total. The highest BCUT2D eigenvalue weighted by molar-refractivity contribution is 6.30. The Kier molecular flexibility index (Phi) is 6.27. The Balaban J connectivity index is 2.46. The third-order valence-electron chi connectivity index (χ3n) is 2.52. The van der Waals surface area contributed by atoms with Gasteiger partial charge < -0.3 is 19.9 Å². The van der Waals surface area contributed by atoms with Gasteiger partial charge in [0.25, 0.3) is 5.91 Å². The Bertz CT molecular complexity index is 462. The lowest BCUT2D eigenvalue weighted by molar-refractivity contribution is -0.148. The average molecular weight is 302 g/mol. The van der Waals surface area contributed by atoms with Gasteiger partial charge in [0.2, 0.25) is 0 Å². The van der Waals surface area contributed by atoms with Gasteiger partial charge in [-0.2, -0.15) is 0 Å². The molecule has 0 bridgehead atoms. The van der Waals surface area contributed by atoms with E-state index >= 15 is 0 Å². The lowest BCUT2D eigenvalue weighted by Crippen LogP contribution is -2.43. The molecule has 0 saturated carbocycles. The van der Waals surface area contributed by atoms with Crippen molar-refractivity contribution in [2.24, 2.45) is 0 Å². The molecule has 1 amide bonds. The predicted octanol–water partition coefficient (Wildman–Crippen LogP) is 1.32. The number of carboxylic acids is 1. The summed E-state index contributed by atoms with van der Waals surface area (Å²) in [6.07, 6.45) is -1.84. The second-order valence-electron chi connectivity index (χ2n) is 4.02. The molecule has 2 N–H and O–H groups in total. The minimum atomic E-state index is -1.14. The maximum atomic E-state index is 11.7. The third-order valence-corrected chi connectivity index (χ3v) is 2.77. The Labute approximate surface area is 121 Å². The van der Waals surface area contributed by atoms with Crippen molar-refractivity contribution >= 4 is 23.5 Å². The fourth-order valence-electron chi connectivity index (χ4n) is 1.38. The van der Waals surface area contributed by atoms with Crippen LogP contribution in [0.2, 0.25) is 5.02 Å². The third kappa shape index (κ3) is 5.07. The van der Waals surface area contributed by atoms with Crippen molar-refractivity contribution in [2.45, 2.75) is 19.1 Å². The summed E-state index contributed by atoms with van der Waals surface area (Å²) in [5, 5.41) is 11.8. The van der Waals surface area contributed by atoms with Crippen LogP contribution in [0.5, 0.6) is 5.75 Å². The molecule has 2 atom stereocenters. The number of hydrogen-bond donors (Lipinski definition) is 2. The fraction of sp³-hybridized carbons (Fsp3) is 0.385. The molecule has 0 saturated heterocycles. The Morgan fingerprint density at radius 3 is 2.45 bits per heavy atom. The SMILES string of the molecule is COC(CNC(=O)C(C)Oc1ccc(Cl)cc1)C(=O)O. The molecule has 2 unspecified atom stereocenters. The first-order valence-electron chi connectivity index (χ1n) is 5.89. The van der Waals surface area contributed by atoms with E-state index in [0.29, 0.717) is 10.8 Å². The summed E-state index contributed by atoms with van der Waals surface area (Å²) < 4.78 is 10.1. The standard InChI is InChI=1S/C13H16ClNO5/c1-8(20-10-5-3-9(14)4-6-10)12(16)15-7-11(19-2)13(17)18/h3-6,8,11H,7H2,1-2H3,(H,15,16)(H,17,18). The van der Waals surface area contributed by atoms with E-state index in [0.717, 1.165) is 0 Å². The molecule has 1 rings (SSSR count). The highest BCUT2D eigenvalue weighted by Gasteiger charge is 2.20. The van der Waals surface area contributed by atoms with Gasteiger partial charge in [0.05, 0.1) is 6.54 Å². The summed E-state index contributed by atoms with van der Waals surface area (Å²) in [6.45, 7) is 1.44. The van der Waals surface area contributed by atoms with E-state index < -0.39 is 24.1 Å². The Morgan fingerprint density at radius 1 is 1.35 bits per heavy atom. The topological polar surface area (TPSA) is 84.9 Å². The maximum absolute atomic E-state index is 11.7. The Hall–Kier alpha value is -1.79. The number of hydrogen-bond acceptors (Lipinski definition) is 4. The first-order chi connectivity index (χ1) is 9.43. The highest BCUT2D eigenvalue weighted by atomic mass is 35.5. The van der Waals surface area contributed by atoms with Crippen molar-refractivity contribution in [3.8, 4) is 5.75 Å². The summed E-state index contributed by atoms with van der Waals surface area (Å²) in [5.41, 5.74) is 0. The van der Waals surface area contributed by atoms with E-state index in [9.17, 15) is 9.59 Å². The van der Waals surface area contributed by atoms with Crippen LogP contribution in [0.1, 0.15) is 6.92 Å². The molecule has 0 aliphatic carbocycles. The number of amides is 1. The van der Waals surface area contributed by atoms with Crippen LogP contribution in [0, 0.1) is 0 Å². The largest absolute Gasteiger partial charge is 0.481 e. The number of rotatable bonds is 7. The summed E-state index contributed by atoms with van der Waals surface area (Å²) in [4.78, 5) is 22.5. The van der Waals surface area contributed by atoms with Gasteiger partial charge in [0.1, 0.15) is 5.75 Å². The molecule has 0 aliphatic rings. The van der Waals surface area contributed by atoms with Crippen LogP contribution in [-0.4, -0.2) is 42.8 Å². The van der Waals surface area contributed by atoms with Gasteiger partial charge in [0.15, 0.2) is 12.2 Å². The van der Waals surface area contributed by atoms with Crippen LogP contribution in [0.15, 0.2) is 24.3 Å². The zero-order valence-electron chi connectivity index (χ0n) is 11.1.